The number of carboxylic acids is 1. The van der Waals surface area contributed by atoms with Crippen LogP contribution in [0.2, 0.25) is 0 Å². The number of hydrogen-bond acceptors (Lipinski definition) is 3. The summed E-state index contributed by atoms with van der Waals surface area (Å²) in [5.74, 6) is -1.50. The number of aryl methyl sites for hydroxylation is 1. The Labute approximate surface area is 116 Å². The Bertz CT molecular complexity index is 595. The van der Waals surface area contributed by atoms with E-state index in [0.717, 1.165) is 5.56 Å². The molecule has 0 aromatic heterocycles. The van der Waals surface area contributed by atoms with Crippen molar-refractivity contribution in [1.82, 2.24) is 5.32 Å². The molecule has 1 aromatic rings. The Balaban J connectivity index is 2.19. The molecule has 6 heteroatoms. The third kappa shape index (κ3) is 2.79. The number of carbonyl (C=O) groups excluding carboxylic acids is 2. The van der Waals surface area contributed by atoms with Gasteiger partial charge in [-0.2, -0.15) is 0 Å². The second-order valence-corrected chi connectivity index (χ2v) is 4.92. The zero-order valence-corrected chi connectivity index (χ0v) is 11.3. The summed E-state index contributed by atoms with van der Waals surface area (Å²) in [6.07, 6.45) is 0.798. The van der Waals surface area contributed by atoms with Crippen LogP contribution in [0.25, 0.3) is 0 Å². The van der Waals surface area contributed by atoms with Crippen molar-refractivity contribution in [2.45, 2.75) is 32.7 Å². The molecule has 2 amide bonds. The molecule has 6 nitrogen and oxygen atoms in total. The average Bonchev–Trinajstić information content (AvgIpc) is 2.80. The Morgan fingerprint density at radius 3 is 2.60 bits per heavy atom. The monoisotopic (exact) mass is 276 g/mol. The fraction of sp³-hybridized carbons (Fsp3) is 0.357. The van der Waals surface area contributed by atoms with Gasteiger partial charge in [0.15, 0.2) is 0 Å². The summed E-state index contributed by atoms with van der Waals surface area (Å²) in [6.45, 7) is 3.51. The molecule has 1 atom stereocenters. The maximum absolute atomic E-state index is 12.0. The molecule has 106 valence electrons. The lowest BCUT2D eigenvalue weighted by molar-refractivity contribution is -0.122. The lowest BCUT2D eigenvalue weighted by Gasteiger charge is -2.13. The number of carbonyl (C=O) groups is 3. The van der Waals surface area contributed by atoms with Gasteiger partial charge in [-0.25, -0.2) is 4.79 Å². The maximum Gasteiger partial charge on any atom is 0.336 e. The van der Waals surface area contributed by atoms with E-state index in [0.29, 0.717) is 24.1 Å². The number of hydrogen-bond donors (Lipinski definition) is 3. The summed E-state index contributed by atoms with van der Waals surface area (Å²) in [5.41, 5.74) is 2.05. The van der Waals surface area contributed by atoms with E-state index >= 15 is 0 Å². The third-order valence-electron chi connectivity index (χ3n) is 3.48. The second-order valence-electron chi connectivity index (χ2n) is 4.92. The lowest BCUT2D eigenvalue weighted by atomic mass is 10.0. The maximum atomic E-state index is 12.0. The number of carboxylic acid groups (broad SMARTS) is 1. The molecule has 3 N–H and O–H groups in total. The van der Waals surface area contributed by atoms with E-state index in [4.69, 9.17) is 5.11 Å². The van der Waals surface area contributed by atoms with Gasteiger partial charge in [0.05, 0.1) is 5.56 Å². The van der Waals surface area contributed by atoms with Crippen LogP contribution in [0.5, 0.6) is 0 Å². The molecule has 0 bridgehead atoms. The van der Waals surface area contributed by atoms with E-state index in [1.165, 1.54) is 6.07 Å². The van der Waals surface area contributed by atoms with Crippen LogP contribution in [-0.4, -0.2) is 28.9 Å². The summed E-state index contributed by atoms with van der Waals surface area (Å²) in [5, 5.41) is 14.3. The van der Waals surface area contributed by atoms with E-state index in [1.54, 1.807) is 19.9 Å². The molecule has 0 saturated carbocycles. The van der Waals surface area contributed by atoms with E-state index < -0.39 is 12.0 Å². The molecule has 1 heterocycles. The summed E-state index contributed by atoms with van der Waals surface area (Å²) < 4.78 is 0. The predicted molar refractivity (Wildman–Crippen MR) is 72.7 cm³/mol. The quantitative estimate of drug-likeness (QED) is 0.773. The van der Waals surface area contributed by atoms with Gasteiger partial charge in [0.1, 0.15) is 6.04 Å². The van der Waals surface area contributed by atoms with Gasteiger partial charge in [-0.15, -0.1) is 0 Å². The number of amides is 2. The molecule has 0 radical (unpaired) electrons. The average molecular weight is 276 g/mol. The Kier molecular flexibility index (Phi) is 3.74. The van der Waals surface area contributed by atoms with Crippen molar-refractivity contribution in [2.75, 3.05) is 5.32 Å². The minimum atomic E-state index is -1.03. The van der Waals surface area contributed by atoms with Crippen LogP contribution < -0.4 is 10.6 Å². The minimum absolute atomic E-state index is 0.142. The van der Waals surface area contributed by atoms with Crippen molar-refractivity contribution in [3.63, 3.8) is 0 Å². The summed E-state index contributed by atoms with van der Waals surface area (Å²) in [6, 6.07) is 2.60. The van der Waals surface area contributed by atoms with Gasteiger partial charge in [0.2, 0.25) is 11.8 Å². The molecule has 0 spiro atoms. The van der Waals surface area contributed by atoms with Gasteiger partial charge in [0.25, 0.3) is 0 Å². The van der Waals surface area contributed by atoms with Crippen LogP contribution in [0, 0.1) is 13.8 Å². The highest BCUT2D eigenvalue weighted by molar-refractivity contribution is 6.00. The number of rotatable bonds is 3. The van der Waals surface area contributed by atoms with Crippen LogP contribution in [0.1, 0.15) is 34.3 Å². The normalized spacial score (nSPS) is 17.7. The summed E-state index contributed by atoms with van der Waals surface area (Å²) >= 11 is 0. The fourth-order valence-corrected chi connectivity index (χ4v) is 2.19. The van der Waals surface area contributed by atoms with Crippen molar-refractivity contribution in [1.29, 1.82) is 0 Å². The van der Waals surface area contributed by atoms with Crippen LogP contribution in [0.4, 0.5) is 5.69 Å². The predicted octanol–water partition coefficient (Wildman–Crippen LogP) is 1.22. The molecule has 1 saturated heterocycles. The molecular formula is C14H16N2O4. The Morgan fingerprint density at radius 2 is 2.05 bits per heavy atom. The zero-order chi connectivity index (χ0) is 14.9. The lowest BCUT2D eigenvalue weighted by Crippen LogP contribution is -2.37. The molecule has 1 fully saturated rings. The van der Waals surface area contributed by atoms with Gasteiger partial charge in [-0.1, -0.05) is 0 Å². The van der Waals surface area contributed by atoms with Crippen LogP contribution >= 0.6 is 0 Å². The second kappa shape index (κ2) is 5.32. The molecule has 1 aliphatic heterocycles. The molecular weight excluding hydrogens is 260 g/mol. The molecule has 0 aliphatic carbocycles. The molecule has 1 aliphatic rings. The fourth-order valence-electron chi connectivity index (χ4n) is 2.19. The van der Waals surface area contributed by atoms with Gasteiger partial charge in [0, 0.05) is 12.1 Å². The van der Waals surface area contributed by atoms with Crippen molar-refractivity contribution in [3.05, 3.63) is 28.8 Å². The first-order chi connectivity index (χ1) is 9.38. The van der Waals surface area contributed by atoms with Crippen LogP contribution in [0.15, 0.2) is 12.1 Å². The third-order valence-corrected chi connectivity index (χ3v) is 3.48. The van der Waals surface area contributed by atoms with Crippen molar-refractivity contribution in [2.24, 2.45) is 0 Å². The largest absolute Gasteiger partial charge is 0.478 e. The highest BCUT2D eigenvalue weighted by Gasteiger charge is 2.27. The zero-order valence-electron chi connectivity index (χ0n) is 11.3. The molecule has 20 heavy (non-hydrogen) atoms. The van der Waals surface area contributed by atoms with Crippen molar-refractivity contribution >= 4 is 23.5 Å². The number of anilines is 1. The first-order valence-electron chi connectivity index (χ1n) is 6.33. The molecule has 0 unspecified atom stereocenters. The van der Waals surface area contributed by atoms with Gasteiger partial charge in [-0.3, -0.25) is 9.59 Å². The Morgan fingerprint density at radius 1 is 1.35 bits per heavy atom. The van der Waals surface area contributed by atoms with Gasteiger partial charge < -0.3 is 15.7 Å². The van der Waals surface area contributed by atoms with Gasteiger partial charge in [-0.05, 0) is 43.5 Å². The Hall–Kier alpha value is -2.37. The van der Waals surface area contributed by atoms with Crippen LogP contribution in [-0.2, 0) is 9.59 Å². The minimum Gasteiger partial charge on any atom is -0.478 e. The van der Waals surface area contributed by atoms with Crippen molar-refractivity contribution < 1.29 is 19.5 Å². The topological polar surface area (TPSA) is 95.5 Å². The first-order valence-corrected chi connectivity index (χ1v) is 6.33. The smallest absolute Gasteiger partial charge is 0.336 e. The van der Waals surface area contributed by atoms with Gasteiger partial charge >= 0.3 is 5.97 Å². The SMILES string of the molecule is Cc1cc(NC(=O)[C@H]2CCC(=O)N2)cc(C(=O)O)c1C. The standard InChI is InChI=1S/C14H16N2O4/c1-7-5-9(6-10(8(7)2)14(19)20)15-13(18)11-3-4-12(17)16-11/h5-6,11H,3-4H2,1-2H3,(H,15,18)(H,16,17)(H,19,20)/t11-/m1/s1. The van der Waals surface area contributed by atoms with E-state index in [9.17, 15) is 14.4 Å². The van der Waals surface area contributed by atoms with Crippen LogP contribution in [0.3, 0.4) is 0 Å². The summed E-state index contributed by atoms with van der Waals surface area (Å²) in [7, 11) is 0. The molecule has 1 aromatic carbocycles. The first kappa shape index (κ1) is 14.0. The summed E-state index contributed by atoms with van der Waals surface area (Å²) in [4.78, 5) is 34.2. The highest BCUT2D eigenvalue weighted by Crippen LogP contribution is 2.21. The molecule has 2 rings (SSSR count). The van der Waals surface area contributed by atoms with Crippen molar-refractivity contribution in [3.8, 4) is 0 Å². The number of benzene rings is 1. The van der Waals surface area contributed by atoms with E-state index in [-0.39, 0.29) is 17.4 Å². The number of nitrogens with one attached hydrogen (secondary N) is 2. The van der Waals surface area contributed by atoms with E-state index in [1.807, 2.05) is 0 Å². The highest BCUT2D eigenvalue weighted by atomic mass is 16.4. The number of aromatic carboxylic acids is 1. The van der Waals surface area contributed by atoms with E-state index in [2.05, 4.69) is 10.6 Å².